The van der Waals surface area contributed by atoms with Crippen molar-refractivity contribution < 1.29 is 28.7 Å². The van der Waals surface area contributed by atoms with E-state index >= 15 is 0 Å². The minimum absolute atomic E-state index is 0.106. The molecule has 2 amide bonds. The third-order valence-corrected chi connectivity index (χ3v) is 11.6. The lowest BCUT2D eigenvalue weighted by atomic mass is 9.83. The van der Waals surface area contributed by atoms with Crippen molar-refractivity contribution in [1.82, 2.24) is 15.1 Å². The molecule has 0 aromatic rings. The maximum absolute atomic E-state index is 14.7. The lowest BCUT2D eigenvalue weighted by molar-refractivity contribution is -0.151. The molecule has 0 fully saturated rings. The number of unbranched alkanes of at least 4 members (excludes halogenated alkanes) is 9. The summed E-state index contributed by atoms with van der Waals surface area (Å²) in [7, 11) is 3.99. The van der Waals surface area contributed by atoms with Crippen LogP contribution in [-0.4, -0.2) is 86.0 Å². The lowest BCUT2D eigenvalue weighted by Crippen LogP contribution is -2.61. The van der Waals surface area contributed by atoms with Gasteiger partial charge in [0.05, 0.1) is 0 Å². The van der Waals surface area contributed by atoms with Crippen LogP contribution in [-0.2, 0) is 28.7 Å². The first kappa shape index (κ1) is 65.4. The normalized spacial score (nSPS) is 11.9. The number of rotatable bonds is 43. The zero-order valence-electron chi connectivity index (χ0n) is 45.3. The van der Waals surface area contributed by atoms with E-state index in [4.69, 9.17) is 9.47 Å². The molecule has 0 rings (SSSR count). The molecule has 394 valence electrons. The molecule has 0 heterocycles. The maximum Gasteiger partial charge on any atom is 0.305 e. The number of ether oxygens (including phenoxy) is 2. The smallest absolute Gasteiger partial charge is 0.305 e. The van der Waals surface area contributed by atoms with Crippen LogP contribution < -0.4 is 5.32 Å². The summed E-state index contributed by atoms with van der Waals surface area (Å²) in [6.07, 6.45) is 48.1. The second kappa shape index (κ2) is 49.4. The van der Waals surface area contributed by atoms with E-state index in [1.54, 1.807) is 4.90 Å². The molecule has 70 heavy (non-hydrogen) atoms. The Morgan fingerprint density at radius 2 is 0.929 bits per heavy atom. The van der Waals surface area contributed by atoms with E-state index in [1.165, 1.54) is 38.5 Å². The van der Waals surface area contributed by atoms with Crippen molar-refractivity contribution in [3.63, 3.8) is 0 Å². The first-order chi connectivity index (χ1) is 34.2. The average molecular weight is 970 g/mol. The van der Waals surface area contributed by atoms with Crippen molar-refractivity contribution in [2.45, 2.75) is 219 Å². The van der Waals surface area contributed by atoms with Crippen molar-refractivity contribution in [1.29, 1.82) is 0 Å². The van der Waals surface area contributed by atoms with Gasteiger partial charge in [-0.2, -0.15) is 0 Å². The van der Waals surface area contributed by atoms with E-state index in [1.807, 2.05) is 20.2 Å². The molecule has 1 N–H and O–H groups in total. The quantitative estimate of drug-likeness (QED) is 0.0281. The fourth-order valence-corrected chi connectivity index (χ4v) is 7.65. The average Bonchev–Trinajstić information content (AvgIpc) is 3.34. The lowest BCUT2D eigenvalue weighted by Gasteiger charge is -2.43. The predicted molar refractivity (Wildman–Crippen MR) is 295 cm³/mol. The second-order valence-electron chi connectivity index (χ2n) is 18.3. The summed E-state index contributed by atoms with van der Waals surface area (Å²) < 4.78 is 11.1. The highest BCUT2D eigenvalue weighted by atomic mass is 16.5. The predicted octanol–water partition coefficient (Wildman–Crippen LogP) is 14.1. The Morgan fingerprint density at radius 1 is 0.486 bits per heavy atom. The van der Waals surface area contributed by atoms with Gasteiger partial charge in [0.25, 0.3) is 0 Å². The molecule has 0 aromatic carbocycles. The van der Waals surface area contributed by atoms with Gasteiger partial charge in [0, 0.05) is 58.0 Å². The molecule has 0 saturated heterocycles. The van der Waals surface area contributed by atoms with Crippen LogP contribution in [0.25, 0.3) is 0 Å². The number of nitrogens with zero attached hydrogens (tertiary/aromatic N) is 2. The van der Waals surface area contributed by atoms with Crippen molar-refractivity contribution in [3.8, 4) is 23.7 Å². The van der Waals surface area contributed by atoms with Crippen LogP contribution in [0.15, 0.2) is 72.9 Å². The van der Waals surface area contributed by atoms with Gasteiger partial charge in [0.2, 0.25) is 11.8 Å². The minimum atomic E-state index is -1.28. The number of carbonyl (C=O) groups is 4. The van der Waals surface area contributed by atoms with Crippen LogP contribution in [0.2, 0.25) is 0 Å². The van der Waals surface area contributed by atoms with E-state index < -0.39 is 5.54 Å². The second-order valence-corrected chi connectivity index (χ2v) is 18.3. The Balaban J connectivity index is 6.02. The van der Waals surface area contributed by atoms with E-state index in [0.29, 0.717) is 51.6 Å². The molecular formula is C61H99N3O6. The van der Waals surface area contributed by atoms with Crippen LogP contribution in [0.4, 0.5) is 0 Å². The van der Waals surface area contributed by atoms with Gasteiger partial charge in [-0.25, -0.2) is 0 Å². The van der Waals surface area contributed by atoms with E-state index in [2.05, 4.69) is 128 Å². The number of esters is 2. The van der Waals surface area contributed by atoms with Crippen molar-refractivity contribution >= 4 is 23.8 Å². The molecule has 0 aromatic heterocycles. The zero-order valence-corrected chi connectivity index (χ0v) is 45.3. The summed E-state index contributed by atoms with van der Waals surface area (Å²) in [6, 6.07) is 0. The van der Waals surface area contributed by atoms with Gasteiger partial charge in [0.1, 0.15) is 18.8 Å². The molecule has 9 nitrogen and oxygen atoms in total. The highest BCUT2D eigenvalue weighted by Crippen LogP contribution is 2.32. The molecule has 0 aliphatic rings. The minimum Gasteiger partial charge on any atom is -0.465 e. The van der Waals surface area contributed by atoms with Gasteiger partial charge < -0.3 is 24.6 Å². The number of hydrogen-bond acceptors (Lipinski definition) is 7. The third kappa shape index (κ3) is 39.2. The number of amides is 2. The van der Waals surface area contributed by atoms with E-state index in [0.717, 1.165) is 83.6 Å². The van der Waals surface area contributed by atoms with Crippen molar-refractivity contribution in [2.75, 3.05) is 46.9 Å². The molecule has 0 radical (unpaired) electrons. The van der Waals surface area contributed by atoms with Gasteiger partial charge in [-0.1, -0.05) is 157 Å². The Kier molecular flexibility index (Phi) is 46.1. The Hall–Kier alpha value is -4.60. The number of nitrogens with one attached hydrogen (secondary N) is 1. The number of hydrogen-bond donors (Lipinski definition) is 1. The van der Waals surface area contributed by atoms with Gasteiger partial charge >= 0.3 is 11.9 Å². The Bertz CT molecular complexity index is 1590. The molecule has 0 unspecified atom stereocenters. The fraction of sp³-hybridized carbons (Fsp3) is 0.672. The molecule has 0 aliphatic carbocycles. The Labute approximate surface area is 428 Å². The molecule has 0 atom stereocenters. The van der Waals surface area contributed by atoms with Crippen molar-refractivity contribution in [2.24, 2.45) is 0 Å². The SMILES string of the molecule is CC/C=C\C/C=C\C/C=C\C/C=C\C/C=C\C/C=C\CCC(=O)N(CCCN(C)C)C(CCCC(=O)OCCC#CCCCCCC)(CCCC(=O)OCCC#CCCCCCC)C(=O)NCCCC. The maximum atomic E-state index is 14.7. The van der Waals surface area contributed by atoms with Crippen molar-refractivity contribution in [3.05, 3.63) is 72.9 Å². The summed E-state index contributed by atoms with van der Waals surface area (Å²) in [5.41, 5.74) is -1.28. The molecule has 9 heteroatoms. The summed E-state index contributed by atoms with van der Waals surface area (Å²) >= 11 is 0. The van der Waals surface area contributed by atoms with Crippen LogP contribution >= 0.6 is 0 Å². The van der Waals surface area contributed by atoms with Crippen LogP contribution in [0.1, 0.15) is 214 Å². The van der Waals surface area contributed by atoms with Crippen LogP contribution in [0.3, 0.4) is 0 Å². The third-order valence-electron chi connectivity index (χ3n) is 11.6. The molecule has 0 bridgehead atoms. The summed E-state index contributed by atoms with van der Waals surface area (Å²) in [4.78, 5) is 59.2. The molecule has 0 saturated carbocycles. The summed E-state index contributed by atoms with van der Waals surface area (Å²) in [5.74, 6) is 11.6. The highest BCUT2D eigenvalue weighted by Gasteiger charge is 2.45. The topological polar surface area (TPSA) is 105 Å². The summed E-state index contributed by atoms with van der Waals surface area (Å²) in [6.45, 7) is 10.6. The highest BCUT2D eigenvalue weighted by molar-refractivity contribution is 5.91. The van der Waals surface area contributed by atoms with Gasteiger partial charge in [0.15, 0.2) is 0 Å². The van der Waals surface area contributed by atoms with Gasteiger partial charge in [-0.15, -0.1) is 11.8 Å². The first-order valence-corrected chi connectivity index (χ1v) is 27.5. The molecular weight excluding hydrogens is 871 g/mol. The van der Waals surface area contributed by atoms with Gasteiger partial charge in [-0.3, -0.25) is 19.2 Å². The standard InChI is InChI=1S/C61H99N3O6/c1-7-11-15-18-21-24-25-26-27-28-29-30-31-32-33-34-35-38-41-47-57(65)64(54-46-53-63(5)6)61(60(68)62-52-14-10-4,50-44-48-58(66)69-55-42-39-36-22-19-16-12-8-2)51-45-49-59(67)70-56-43-40-37-23-20-17-13-9-3/h11,15,21,24,26-27,29-30,32-33,35,38H,7-10,12-14,16-20,22-23,25,28,31,34,41-56H2,1-6H3,(H,62,68)/b15-11-,24-21-,27-26-,30-29-,33-32-,38-35-. The van der Waals surface area contributed by atoms with Crippen LogP contribution in [0, 0.1) is 23.7 Å². The van der Waals surface area contributed by atoms with Crippen LogP contribution in [0.5, 0.6) is 0 Å². The van der Waals surface area contributed by atoms with E-state index in [-0.39, 0.29) is 69.1 Å². The fourth-order valence-electron chi connectivity index (χ4n) is 7.65. The largest absolute Gasteiger partial charge is 0.465 e. The summed E-state index contributed by atoms with van der Waals surface area (Å²) in [5, 5.41) is 3.16. The van der Waals surface area contributed by atoms with E-state index in [9.17, 15) is 19.2 Å². The first-order valence-electron chi connectivity index (χ1n) is 27.5. The van der Waals surface area contributed by atoms with Gasteiger partial charge in [-0.05, 0) is 117 Å². The number of carbonyl (C=O) groups excluding carboxylic acids is 4. The Morgan fingerprint density at radius 3 is 1.37 bits per heavy atom. The molecule has 0 spiro atoms. The molecule has 0 aliphatic heterocycles. The number of allylic oxidation sites excluding steroid dienone is 12. The zero-order chi connectivity index (χ0) is 51.4. The monoisotopic (exact) mass is 970 g/mol.